The molecule has 0 unspecified atom stereocenters. The Labute approximate surface area is 276 Å². The van der Waals surface area contributed by atoms with E-state index in [0.717, 1.165) is 54.3 Å². The van der Waals surface area contributed by atoms with Gasteiger partial charge in [-0.25, -0.2) is 36.9 Å². The van der Waals surface area contributed by atoms with Gasteiger partial charge in [0.1, 0.15) is 0 Å². The highest BCUT2D eigenvalue weighted by Crippen LogP contribution is 2.20. The number of benzene rings is 1. The van der Waals surface area contributed by atoms with Crippen molar-refractivity contribution in [3.8, 4) is 0 Å². The quantitative estimate of drug-likeness (QED) is 0.102. The van der Waals surface area contributed by atoms with Gasteiger partial charge < -0.3 is 5.11 Å². The third-order valence-corrected chi connectivity index (χ3v) is 7.53. The van der Waals surface area contributed by atoms with Crippen LogP contribution in [0.2, 0.25) is 0 Å². The Morgan fingerprint density at radius 1 is 0.596 bits per heavy atom. The molecule has 0 fully saturated rings. The summed E-state index contributed by atoms with van der Waals surface area (Å²) in [6.45, 7) is 0. The molecule has 0 amide bonds. The van der Waals surface area contributed by atoms with Crippen LogP contribution in [0.1, 0.15) is 5.56 Å². The summed E-state index contributed by atoms with van der Waals surface area (Å²) < 4.78 is 103. The Morgan fingerprint density at radius 3 is 1.36 bits per heavy atom. The predicted molar refractivity (Wildman–Crippen MR) is 165 cm³/mol. The fraction of sp³-hybridized carbons (Fsp3) is 0.0714. The van der Waals surface area contributed by atoms with Crippen molar-refractivity contribution in [2.45, 2.75) is 20.8 Å². The van der Waals surface area contributed by atoms with Crippen LogP contribution >= 0.6 is 22.4 Å². The standard InChI is InChI=1S/C12H10FNS.C5H3ClFNO2S.C5H3F2N.C5H5FN2O2S.CH4O/c13-11-7-4-8-12(14-11)15-9-10-5-2-1-3-6-10;6-11(9,10)5-3-1-2-4(7)8-5;6-4-2-1-3-5(7)8-4;6-4-2-1-3-5(8-4)11(7,9)10;1-2/h1-8H,9H2;1-3H;1-3H;1-3H,(H2,7,9,10);2H,1H3. The normalized spacial score (nSPS) is 10.3. The van der Waals surface area contributed by atoms with Crippen LogP contribution in [0.5, 0.6) is 0 Å². The van der Waals surface area contributed by atoms with Gasteiger partial charge in [0.15, 0.2) is 10.1 Å². The Hall–Kier alpha value is -4.07. The highest BCUT2D eigenvalue weighted by molar-refractivity contribution is 8.13. The number of aliphatic hydroxyl groups is 1. The average molecular weight is 738 g/mol. The van der Waals surface area contributed by atoms with Crippen molar-refractivity contribution in [2.75, 3.05) is 7.11 Å². The minimum atomic E-state index is -3.90. The lowest BCUT2D eigenvalue weighted by Crippen LogP contribution is -2.14. The van der Waals surface area contributed by atoms with Gasteiger partial charge in [0.2, 0.25) is 29.7 Å². The van der Waals surface area contributed by atoms with Gasteiger partial charge >= 0.3 is 0 Å². The molecule has 47 heavy (non-hydrogen) atoms. The molecule has 5 aromatic rings. The molecule has 4 aromatic heterocycles. The number of thioether (sulfide) groups is 1. The van der Waals surface area contributed by atoms with E-state index in [0.29, 0.717) is 0 Å². The average Bonchev–Trinajstić information content (AvgIpc) is 3.02. The van der Waals surface area contributed by atoms with Crippen LogP contribution < -0.4 is 5.14 Å². The van der Waals surface area contributed by atoms with Gasteiger partial charge in [0.25, 0.3) is 19.1 Å². The van der Waals surface area contributed by atoms with Crippen LogP contribution in [0.15, 0.2) is 118 Å². The Morgan fingerprint density at radius 2 is 1.00 bits per heavy atom. The van der Waals surface area contributed by atoms with Crippen LogP contribution in [-0.4, -0.2) is 49.0 Å². The van der Waals surface area contributed by atoms with E-state index < -0.39 is 58.9 Å². The van der Waals surface area contributed by atoms with E-state index in [1.807, 2.05) is 36.4 Å². The number of aliphatic hydroxyl groups excluding tert-OH is 1. The Balaban J connectivity index is 0.000000315. The molecular formula is C28H25ClF5N5O5S3. The van der Waals surface area contributed by atoms with Crippen LogP contribution in [0.4, 0.5) is 22.0 Å². The van der Waals surface area contributed by atoms with Crippen molar-refractivity contribution >= 4 is 41.5 Å². The SMILES string of the molecule is CO.Fc1cccc(F)n1.Fc1cccc(SCc2ccccc2)n1.NS(=O)(=O)c1cccc(F)n1.O=S(=O)(Cl)c1cccc(F)n1. The summed E-state index contributed by atoms with van der Waals surface area (Å²) in [5.74, 6) is -2.91. The van der Waals surface area contributed by atoms with E-state index in [1.165, 1.54) is 41.6 Å². The number of rotatable bonds is 5. The van der Waals surface area contributed by atoms with Gasteiger partial charge in [0, 0.05) is 23.5 Å². The summed E-state index contributed by atoms with van der Waals surface area (Å²) in [5.41, 5.74) is 1.22. The van der Waals surface area contributed by atoms with E-state index in [-0.39, 0.29) is 0 Å². The Bertz CT molecular complexity index is 1810. The molecule has 19 heteroatoms. The number of sulfonamides is 1. The lowest BCUT2D eigenvalue weighted by atomic mass is 10.2. The number of nitrogens with zero attached hydrogens (tertiary/aromatic N) is 4. The van der Waals surface area contributed by atoms with E-state index >= 15 is 0 Å². The molecule has 0 aliphatic heterocycles. The monoisotopic (exact) mass is 737 g/mol. The van der Waals surface area contributed by atoms with Gasteiger partial charge in [-0.15, -0.1) is 11.8 Å². The zero-order valence-corrected chi connectivity index (χ0v) is 27.2. The van der Waals surface area contributed by atoms with Crippen LogP contribution in [0, 0.1) is 29.7 Å². The fourth-order valence-electron chi connectivity index (χ4n) is 2.66. The van der Waals surface area contributed by atoms with Crippen molar-refractivity contribution < 1.29 is 43.9 Å². The van der Waals surface area contributed by atoms with Gasteiger partial charge in [-0.1, -0.05) is 54.6 Å². The maximum atomic E-state index is 12.8. The topological polar surface area (TPSA) is 166 Å². The van der Waals surface area contributed by atoms with E-state index in [9.17, 15) is 38.8 Å². The van der Waals surface area contributed by atoms with Gasteiger partial charge in [-0.2, -0.15) is 26.9 Å². The van der Waals surface area contributed by atoms with Crippen molar-refractivity contribution in [3.05, 3.63) is 138 Å². The molecule has 4 heterocycles. The fourth-order valence-corrected chi connectivity index (χ4v) is 4.67. The van der Waals surface area contributed by atoms with E-state index in [1.54, 1.807) is 6.07 Å². The summed E-state index contributed by atoms with van der Waals surface area (Å²) in [7, 11) is -1.91. The number of nitrogens with two attached hydrogens (primary N) is 1. The highest BCUT2D eigenvalue weighted by atomic mass is 35.7. The van der Waals surface area contributed by atoms with Crippen molar-refractivity contribution in [1.29, 1.82) is 0 Å². The first-order valence-corrected chi connectivity index (χ1v) is 17.2. The molecule has 10 nitrogen and oxygen atoms in total. The maximum absolute atomic E-state index is 12.8. The maximum Gasteiger partial charge on any atom is 0.278 e. The zero-order valence-electron chi connectivity index (χ0n) is 24.0. The molecule has 1 aromatic carbocycles. The second kappa shape index (κ2) is 20.9. The van der Waals surface area contributed by atoms with Crippen molar-refractivity contribution in [2.24, 2.45) is 5.14 Å². The van der Waals surface area contributed by atoms with E-state index in [4.69, 9.17) is 15.8 Å². The Kier molecular flexibility index (Phi) is 18.2. The minimum Gasteiger partial charge on any atom is -0.400 e. The zero-order chi connectivity index (χ0) is 35.5. The highest BCUT2D eigenvalue weighted by Gasteiger charge is 2.11. The summed E-state index contributed by atoms with van der Waals surface area (Å²) >= 11 is 1.54. The molecular weight excluding hydrogens is 713 g/mol. The van der Waals surface area contributed by atoms with E-state index in [2.05, 4.69) is 25.1 Å². The number of pyridine rings is 4. The largest absolute Gasteiger partial charge is 0.400 e. The molecule has 0 atom stereocenters. The predicted octanol–water partition coefficient (Wildman–Crippen LogP) is 5.50. The molecule has 0 saturated heterocycles. The number of aromatic nitrogens is 4. The molecule has 0 aliphatic rings. The summed E-state index contributed by atoms with van der Waals surface area (Å²) in [6, 6.07) is 25.1. The van der Waals surface area contributed by atoms with Crippen LogP contribution in [0.3, 0.4) is 0 Å². The van der Waals surface area contributed by atoms with Gasteiger partial charge in [0.05, 0.1) is 5.03 Å². The molecule has 3 N–H and O–H groups in total. The van der Waals surface area contributed by atoms with Crippen molar-refractivity contribution in [3.63, 3.8) is 0 Å². The molecule has 0 bridgehead atoms. The molecule has 0 saturated carbocycles. The second-order valence-corrected chi connectivity index (χ2v) is 13.0. The molecule has 0 radical (unpaired) electrons. The van der Waals surface area contributed by atoms with Gasteiger partial charge in [-0.3, -0.25) is 0 Å². The number of primary sulfonamides is 1. The lowest BCUT2D eigenvalue weighted by Gasteiger charge is -2.00. The second-order valence-electron chi connectivity index (χ2n) is 7.94. The molecule has 0 spiro atoms. The first-order valence-electron chi connectivity index (χ1n) is 12.4. The first-order chi connectivity index (χ1) is 22.1. The smallest absolute Gasteiger partial charge is 0.278 e. The lowest BCUT2D eigenvalue weighted by molar-refractivity contribution is 0.399. The number of hydrogen-bond acceptors (Lipinski definition) is 10. The van der Waals surface area contributed by atoms with Gasteiger partial charge in [-0.05, 0) is 54.1 Å². The van der Waals surface area contributed by atoms with Crippen molar-refractivity contribution in [1.82, 2.24) is 19.9 Å². The third kappa shape index (κ3) is 18.0. The van der Waals surface area contributed by atoms with Crippen LogP contribution in [-0.2, 0) is 24.8 Å². The summed E-state index contributed by atoms with van der Waals surface area (Å²) in [4.78, 5) is 12.7. The summed E-state index contributed by atoms with van der Waals surface area (Å²) in [6.07, 6.45) is 0. The van der Waals surface area contributed by atoms with Crippen LogP contribution in [0.25, 0.3) is 0 Å². The third-order valence-electron chi connectivity index (χ3n) is 4.52. The molecule has 252 valence electrons. The first kappa shape index (κ1) is 41.0. The summed E-state index contributed by atoms with van der Waals surface area (Å²) in [5, 5.41) is 11.5. The molecule has 0 aliphatic carbocycles. The number of hydrogen-bond donors (Lipinski definition) is 2. The molecule has 5 rings (SSSR count). The minimum absolute atomic E-state index is 0.423. The number of halogens is 6.